The van der Waals surface area contributed by atoms with E-state index in [1.54, 1.807) is 12.1 Å². The van der Waals surface area contributed by atoms with Gasteiger partial charge in [0.2, 0.25) is 0 Å². The molecule has 1 nitrogen and oxygen atoms in total. The van der Waals surface area contributed by atoms with E-state index >= 15 is 0 Å². The number of aromatic nitrogens is 1. The molecule has 2 heteroatoms. The van der Waals surface area contributed by atoms with Gasteiger partial charge in [-0.2, -0.15) is 0 Å². The van der Waals surface area contributed by atoms with E-state index in [9.17, 15) is 4.39 Å². The lowest BCUT2D eigenvalue weighted by atomic mass is 10.0. The summed E-state index contributed by atoms with van der Waals surface area (Å²) in [5.41, 5.74) is 4.56. The Morgan fingerprint density at radius 1 is 1.00 bits per heavy atom. The van der Waals surface area contributed by atoms with E-state index in [-0.39, 0.29) is 5.82 Å². The van der Waals surface area contributed by atoms with Crippen LogP contribution in [-0.4, -0.2) is 4.98 Å². The van der Waals surface area contributed by atoms with E-state index in [2.05, 4.69) is 31.8 Å². The van der Waals surface area contributed by atoms with Gasteiger partial charge in [-0.1, -0.05) is 45.9 Å². The van der Waals surface area contributed by atoms with Crippen molar-refractivity contribution in [2.75, 3.05) is 0 Å². The van der Waals surface area contributed by atoms with Crippen LogP contribution in [0.25, 0.3) is 0 Å². The average Bonchev–Trinajstić information content (AvgIpc) is 3.35. The molecule has 1 aliphatic carbocycles. The fourth-order valence-corrected chi connectivity index (χ4v) is 2.64. The second-order valence-corrected chi connectivity index (χ2v) is 6.10. The van der Waals surface area contributed by atoms with Crippen molar-refractivity contribution >= 4 is 0 Å². The quantitative estimate of drug-likeness (QED) is 0.612. The molecule has 23 heavy (non-hydrogen) atoms. The molecule has 3 rings (SSSR count). The first-order valence-electron chi connectivity index (χ1n) is 8.67. The van der Waals surface area contributed by atoms with Crippen LogP contribution in [0.15, 0.2) is 36.5 Å². The van der Waals surface area contributed by atoms with Gasteiger partial charge < -0.3 is 0 Å². The molecule has 0 aliphatic heterocycles. The van der Waals surface area contributed by atoms with Crippen LogP contribution in [0.3, 0.4) is 0 Å². The SMILES string of the molecule is CC.Cc1cccc(F)c1C1CC1.Cc1cccnc1C(C)C. The molecule has 1 fully saturated rings. The van der Waals surface area contributed by atoms with E-state index in [1.165, 1.54) is 24.1 Å². The van der Waals surface area contributed by atoms with Gasteiger partial charge in [-0.15, -0.1) is 0 Å². The van der Waals surface area contributed by atoms with Crippen molar-refractivity contribution in [3.05, 3.63) is 64.7 Å². The van der Waals surface area contributed by atoms with Gasteiger partial charge in [-0.05, 0) is 67.3 Å². The lowest BCUT2D eigenvalue weighted by Gasteiger charge is -2.05. The zero-order valence-corrected chi connectivity index (χ0v) is 15.4. The van der Waals surface area contributed by atoms with Gasteiger partial charge in [0.15, 0.2) is 0 Å². The minimum Gasteiger partial charge on any atom is -0.261 e. The van der Waals surface area contributed by atoms with Crippen molar-refractivity contribution in [3.63, 3.8) is 0 Å². The molecule has 0 amide bonds. The summed E-state index contributed by atoms with van der Waals surface area (Å²) in [6.07, 6.45) is 4.19. The number of nitrogens with zero attached hydrogens (tertiary/aromatic N) is 1. The minimum absolute atomic E-state index is 0.0208. The highest BCUT2D eigenvalue weighted by molar-refractivity contribution is 5.33. The topological polar surface area (TPSA) is 12.9 Å². The maximum Gasteiger partial charge on any atom is 0.126 e. The number of benzene rings is 1. The van der Waals surface area contributed by atoms with E-state index < -0.39 is 0 Å². The maximum atomic E-state index is 13.1. The first-order valence-corrected chi connectivity index (χ1v) is 8.67. The van der Waals surface area contributed by atoms with Crippen LogP contribution in [0.4, 0.5) is 4.39 Å². The third-order valence-corrected chi connectivity index (χ3v) is 3.85. The summed E-state index contributed by atoms with van der Waals surface area (Å²) in [6, 6.07) is 9.39. The van der Waals surface area contributed by atoms with Crippen molar-refractivity contribution in [1.82, 2.24) is 4.98 Å². The fraction of sp³-hybridized carbons (Fsp3) is 0.476. The van der Waals surface area contributed by atoms with Gasteiger partial charge in [0, 0.05) is 11.9 Å². The average molecular weight is 315 g/mol. The molecule has 1 aliphatic rings. The minimum atomic E-state index is -0.0208. The summed E-state index contributed by atoms with van der Waals surface area (Å²) in [4.78, 5) is 4.28. The van der Waals surface area contributed by atoms with E-state index in [0.717, 1.165) is 11.1 Å². The number of halogens is 1. The molecular weight excluding hydrogens is 285 g/mol. The summed E-state index contributed by atoms with van der Waals surface area (Å²) >= 11 is 0. The zero-order valence-electron chi connectivity index (χ0n) is 15.4. The second kappa shape index (κ2) is 9.44. The Hall–Kier alpha value is -1.70. The van der Waals surface area contributed by atoms with Crippen molar-refractivity contribution in [1.29, 1.82) is 0 Å². The molecule has 0 unspecified atom stereocenters. The number of rotatable bonds is 2. The summed E-state index contributed by atoms with van der Waals surface area (Å²) in [7, 11) is 0. The Morgan fingerprint density at radius 2 is 1.61 bits per heavy atom. The van der Waals surface area contributed by atoms with Crippen molar-refractivity contribution in [2.45, 2.75) is 66.2 Å². The van der Waals surface area contributed by atoms with Crippen LogP contribution in [-0.2, 0) is 0 Å². The molecule has 0 saturated heterocycles. The summed E-state index contributed by atoms with van der Waals surface area (Å²) in [5.74, 6) is 1.05. The summed E-state index contributed by atoms with van der Waals surface area (Å²) < 4.78 is 13.1. The van der Waals surface area contributed by atoms with Crippen LogP contribution in [0.1, 0.15) is 74.8 Å². The third-order valence-electron chi connectivity index (χ3n) is 3.85. The first kappa shape index (κ1) is 19.3. The highest BCUT2D eigenvalue weighted by atomic mass is 19.1. The molecule has 1 heterocycles. The molecule has 0 atom stereocenters. The number of aryl methyl sites for hydroxylation is 2. The first-order chi connectivity index (χ1) is 11.0. The van der Waals surface area contributed by atoms with Gasteiger partial charge >= 0.3 is 0 Å². The predicted molar refractivity (Wildman–Crippen MR) is 97.5 cm³/mol. The van der Waals surface area contributed by atoms with Crippen LogP contribution >= 0.6 is 0 Å². The monoisotopic (exact) mass is 315 g/mol. The Morgan fingerprint density at radius 3 is 2.04 bits per heavy atom. The van der Waals surface area contributed by atoms with E-state index in [0.29, 0.717) is 11.8 Å². The van der Waals surface area contributed by atoms with Crippen molar-refractivity contribution in [3.8, 4) is 0 Å². The largest absolute Gasteiger partial charge is 0.261 e. The number of pyridine rings is 1. The lowest BCUT2D eigenvalue weighted by molar-refractivity contribution is 0.609. The lowest BCUT2D eigenvalue weighted by Crippen LogP contribution is -1.94. The van der Waals surface area contributed by atoms with Gasteiger partial charge in [-0.25, -0.2) is 4.39 Å². The predicted octanol–water partition coefficient (Wildman–Crippen LogP) is 6.55. The zero-order chi connectivity index (χ0) is 17.4. The molecular formula is C21H30FN. The van der Waals surface area contributed by atoms with Crippen LogP contribution in [0, 0.1) is 19.7 Å². The summed E-state index contributed by atoms with van der Waals surface area (Å²) in [5, 5.41) is 0. The molecule has 1 aromatic carbocycles. The molecule has 0 radical (unpaired) electrons. The second-order valence-electron chi connectivity index (χ2n) is 6.10. The Labute approximate surface area is 141 Å². The van der Waals surface area contributed by atoms with Gasteiger partial charge in [0.1, 0.15) is 5.82 Å². The van der Waals surface area contributed by atoms with Gasteiger partial charge in [0.25, 0.3) is 0 Å². The maximum absolute atomic E-state index is 13.1. The standard InChI is InChI=1S/C10H11F.C9H13N.C2H6/c1-7-3-2-4-9(11)10(7)8-5-6-8;1-7(2)9-8(3)5-4-6-10-9;1-2/h2-4,8H,5-6H2,1H3;4-7H,1-3H3;1-2H3. The highest BCUT2D eigenvalue weighted by Gasteiger charge is 2.27. The van der Waals surface area contributed by atoms with Crippen LogP contribution < -0.4 is 0 Å². The van der Waals surface area contributed by atoms with Gasteiger partial charge in [0.05, 0.1) is 0 Å². The van der Waals surface area contributed by atoms with Crippen LogP contribution in [0.5, 0.6) is 0 Å². The Bertz CT molecular complexity index is 580. The fourth-order valence-electron chi connectivity index (χ4n) is 2.64. The van der Waals surface area contributed by atoms with Crippen molar-refractivity contribution in [2.24, 2.45) is 0 Å². The highest BCUT2D eigenvalue weighted by Crippen LogP contribution is 2.42. The molecule has 0 bridgehead atoms. The molecule has 2 aromatic rings. The van der Waals surface area contributed by atoms with Crippen LogP contribution in [0.2, 0.25) is 0 Å². The normalized spacial score (nSPS) is 12.9. The molecule has 0 spiro atoms. The van der Waals surface area contributed by atoms with E-state index in [4.69, 9.17) is 0 Å². The molecule has 126 valence electrons. The molecule has 1 aromatic heterocycles. The Kier molecular flexibility index (Phi) is 7.94. The van der Waals surface area contributed by atoms with Crippen molar-refractivity contribution < 1.29 is 4.39 Å². The number of hydrogen-bond donors (Lipinski definition) is 0. The van der Waals surface area contributed by atoms with Gasteiger partial charge in [-0.3, -0.25) is 4.98 Å². The number of hydrogen-bond acceptors (Lipinski definition) is 1. The summed E-state index contributed by atoms with van der Waals surface area (Å²) in [6.45, 7) is 12.4. The Balaban J connectivity index is 0.000000209. The third kappa shape index (κ3) is 5.78. The molecule has 1 saturated carbocycles. The molecule has 0 N–H and O–H groups in total. The van der Waals surface area contributed by atoms with E-state index in [1.807, 2.05) is 39.1 Å². The smallest absolute Gasteiger partial charge is 0.126 e.